The van der Waals surface area contributed by atoms with Gasteiger partial charge < -0.3 is 4.57 Å². The highest BCUT2D eigenvalue weighted by atomic mass is 35.5. The molecular formula is C38H37ClN4. The van der Waals surface area contributed by atoms with E-state index in [1.54, 1.807) is 0 Å². The second kappa shape index (κ2) is 13.3. The predicted octanol–water partition coefficient (Wildman–Crippen LogP) is 10.5. The molecule has 1 atom stereocenters. The second-order valence-electron chi connectivity index (χ2n) is 11.1. The molecule has 0 saturated heterocycles. The van der Waals surface area contributed by atoms with Crippen LogP contribution >= 0.6 is 11.6 Å². The lowest BCUT2D eigenvalue weighted by molar-refractivity contribution is 0.543. The first kappa shape index (κ1) is 28.7. The zero-order valence-corrected chi connectivity index (χ0v) is 25.6. The highest BCUT2D eigenvalue weighted by Crippen LogP contribution is 2.41. The molecule has 0 aliphatic rings. The van der Waals surface area contributed by atoms with Gasteiger partial charge in [0.2, 0.25) is 0 Å². The van der Waals surface area contributed by atoms with Crippen molar-refractivity contribution in [2.24, 2.45) is 0 Å². The number of halogens is 1. The smallest absolute Gasteiger partial charge is 0.0827 e. The van der Waals surface area contributed by atoms with Crippen molar-refractivity contribution in [2.45, 2.75) is 52.0 Å². The summed E-state index contributed by atoms with van der Waals surface area (Å²) >= 11 is 6.29. The number of nitrogens with zero attached hydrogens (tertiary/aromatic N) is 4. The molecule has 0 saturated carbocycles. The zero-order chi connectivity index (χ0) is 29.6. The minimum absolute atomic E-state index is 0.0856. The van der Waals surface area contributed by atoms with Gasteiger partial charge in [-0.15, -0.1) is 5.10 Å². The van der Waals surface area contributed by atoms with Gasteiger partial charge in [0.1, 0.15) is 0 Å². The van der Waals surface area contributed by atoms with E-state index >= 15 is 0 Å². The standard InChI is InChI=1S/C38H37ClN4/c1-3-4-5-12-17-34-27-42(41-40-34)28(2)29-20-24-35(25-21-29)43-37(31-13-8-6-9-14-31)26-36(30-18-22-33(39)23-19-30)38(43)32-15-10-7-11-16-32/h6-11,13-16,18-28H,3-5,12,17H2,1-2H3. The normalized spacial score (nSPS) is 12.0. The van der Waals surface area contributed by atoms with Crippen LogP contribution in [0.15, 0.2) is 121 Å². The van der Waals surface area contributed by atoms with E-state index in [0.29, 0.717) is 0 Å². The molecule has 6 aromatic rings. The first-order chi connectivity index (χ1) is 21.1. The predicted molar refractivity (Wildman–Crippen MR) is 179 cm³/mol. The Bertz CT molecular complexity index is 1750. The van der Waals surface area contributed by atoms with Crippen molar-refractivity contribution < 1.29 is 0 Å². The fourth-order valence-corrected chi connectivity index (χ4v) is 5.86. The Kier molecular flexibility index (Phi) is 8.85. The average molecular weight is 585 g/mol. The van der Waals surface area contributed by atoms with E-state index < -0.39 is 0 Å². The van der Waals surface area contributed by atoms with E-state index in [0.717, 1.165) is 62.9 Å². The van der Waals surface area contributed by atoms with Crippen LogP contribution < -0.4 is 0 Å². The molecule has 2 aromatic heterocycles. The number of benzene rings is 4. The fraction of sp³-hybridized carbons (Fsp3) is 0.211. The van der Waals surface area contributed by atoms with Crippen LogP contribution in [-0.2, 0) is 6.42 Å². The largest absolute Gasteiger partial charge is 0.309 e. The topological polar surface area (TPSA) is 35.6 Å². The lowest BCUT2D eigenvalue weighted by Gasteiger charge is -2.17. The molecule has 1 unspecified atom stereocenters. The van der Waals surface area contributed by atoms with Gasteiger partial charge in [-0.3, -0.25) is 0 Å². The zero-order valence-electron chi connectivity index (χ0n) is 24.8. The molecule has 0 spiro atoms. The van der Waals surface area contributed by atoms with Crippen LogP contribution in [0.3, 0.4) is 0 Å². The van der Waals surface area contributed by atoms with Gasteiger partial charge in [0, 0.05) is 22.5 Å². The first-order valence-electron chi connectivity index (χ1n) is 15.3. The molecule has 43 heavy (non-hydrogen) atoms. The van der Waals surface area contributed by atoms with Crippen LogP contribution in [0.1, 0.15) is 56.8 Å². The first-order valence-corrected chi connectivity index (χ1v) is 15.6. The quantitative estimate of drug-likeness (QED) is 0.142. The van der Waals surface area contributed by atoms with Crippen LogP contribution in [0.4, 0.5) is 0 Å². The van der Waals surface area contributed by atoms with Crippen LogP contribution in [0.5, 0.6) is 0 Å². The molecule has 0 aliphatic carbocycles. The molecule has 216 valence electrons. The highest BCUT2D eigenvalue weighted by Gasteiger charge is 2.21. The molecule has 0 radical (unpaired) electrons. The van der Waals surface area contributed by atoms with Crippen LogP contribution in [-0.4, -0.2) is 19.6 Å². The van der Waals surface area contributed by atoms with Gasteiger partial charge in [0.05, 0.1) is 23.1 Å². The number of hydrogen-bond acceptors (Lipinski definition) is 2. The van der Waals surface area contributed by atoms with Gasteiger partial charge in [-0.2, -0.15) is 0 Å². The molecular weight excluding hydrogens is 548 g/mol. The Morgan fingerprint density at radius 2 is 1.40 bits per heavy atom. The summed E-state index contributed by atoms with van der Waals surface area (Å²) in [7, 11) is 0. The third kappa shape index (κ3) is 6.35. The highest BCUT2D eigenvalue weighted by molar-refractivity contribution is 6.30. The second-order valence-corrected chi connectivity index (χ2v) is 11.6. The van der Waals surface area contributed by atoms with E-state index in [2.05, 4.69) is 138 Å². The van der Waals surface area contributed by atoms with Crippen LogP contribution in [0.25, 0.3) is 39.3 Å². The van der Waals surface area contributed by atoms with Crippen molar-refractivity contribution >= 4 is 11.6 Å². The van der Waals surface area contributed by atoms with Crippen molar-refractivity contribution in [3.8, 4) is 39.3 Å². The number of rotatable bonds is 11. The van der Waals surface area contributed by atoms with E-state index in [1.165, 1.54) is 24.8 Å². The summed E-state index contributed by atoms with van der Waals surface area (Å²) in [6, 6.07) is 40.6. The Morgan fingerprint density at radius 3 is 2.07 bits per heavy atom. The Balaban J connectivity index is 1.41. The minimum Gasteiger partial charge on any atom is -0.309 e. The molecule has 6 rings (SSSR count). The fourth-order valence-electron chi connectivity index (χ4n) is 5.73. The van der Waals surface area contributed by atoms with Crippen molar-refractivity contribution in [2.75, 3.05) is 0 Å². The van der Waals surface area contributed by atoms with E-state index in [4.69, 9.17) is 11.6 Å². The number of unbranched alkanes of at least 4 members (excludes halogenated alkanes) is 3. The van der Waals surface area contributed by atoms with Gasteiger partial charge in [-0.1, -0.05) is 128 Å². The maximum Gasteiger partial charge on any atom is 0.0827 e. The summed E-state index contributed by atoms with van der Waals surface area (Å²) in [6.45, 7) is 4.42. The van der Waals surface area contributed by atoms with Gasteiger partial charge in [0.25, 0.3) is 0 Å². The Morgan fingerprint density at radius 1 is 0.721 bits per heavy atom. The summed E-state index contributed by atoms with van der Waals surface area (Å²) in [5.41, 5.74) is 10.2. The molecule has 0 fully saturated rings. The lowest BCUT2D eigenvalue weighted by Crippen LogP contribution is -2.08. The lowest BCUT2D eigenvalue weighted by atomic mass is 10.0. The molecule has 4 aromatic carbocycles. The SMILES string of the molecule is CCCCCCc1cn(C(C)c2ccc(-n3c(-c4ccccc4)cc(-c4ccc(Cl)cc4)c3-c3ccccc3)cc2)nn1. The minimum atomic E-state index is 0.0856. The maximum absolute atomic E-state index is 6.29. The van der Waals surface area contributed by atoms with Gasteiger partial charge >= 0.3 is 0 Å². The molecule has 0 N–H and O–H groups in total. The molecule has 0 amide bonds. The molecule has 0 bridgehead atoms. The van der Waals surface area contributed by atoms with Gasteiger partial charge in [0.15, 0.2) is 0 Å². The summed E-state index contributed by atoms with van der Waals surface area (Å²) in [4.78, 5) is 0. The summed E-state index contributed by atoms with van der Waals surface area (Å²) < 4.78 is 4.37. The third-order valence-corrected chi connectivity index (χ3v) is 8.40. The van der Waals surface area contributed by atoms with E-state index in [1.807, 2.05) is 16.8 Å². The molecule has 0 aliphatic heterocycles. The average Bonchev–Trinajstić information content (AvgIpc) is 3.70. The third-order valence-electron chi connectivity index (χ3n) is 8.15. The molecule has 5 heteroatoms. The number of aromatic nitrogens is 4. The monoisotopic (exact) mass is 584 g/mol. The van der Waals surface area contributed by atoms with E-state index in [-0.39, 0.29) is 6.04 Å². The van der Waals surface area contributed by atoms with Crippen LogP contribution in [0, 0.1) is 0 Å². The Hall–Kier alpha value is -4.41. The number of hydrogen-bond donors (Lipinski definition) is 0. The van der Waals surface area contributed by atoms with Crippen molar-refractivity contribution in [1.29, 1.82) is 0 Å². The van der Waals surface area contributed by atoms with Gasteiger partial charge in [-0.05, 0) is 72.4 Å². The van der Waals surface area contributed by atoms with Gasteiger partial charge in [-0.25, -0.2) is 4.68 Å². The molecule has 4 nitrogen and oxygen atoms in total. The summed E-state index contributed by atoms with van der Waals surface area (Å²) in [6.07, 6.45) is 8.02. The Labute approximate surface area is 259 Å². The maximum atomic E-state index is 6.29. The number of aryl methyl sites for hydroxylation is 1. The van der Waals surface area contributed by atoms with Crippen LogP contribution in [0.2, 0.25) is 5.02 Å². The van der Waals surface area contributed by atoms with Crippen molar-refractivity contribution in [3.63, 3.8) is 0 Å². The van der Waals surface area contributed by atoms with Crippen molar-refractivity contribution in [1.82, 2.24) is 19.6 Å². The van der Waals surface area contributed by atoms with E-state index in [9.17, 15) is 0 Å². The molecule has 2 heterocycles. The summed E-state index contributed by atoms with van der Waals surface area (Å²) in [5, 5.41) is 9.66. The summed E-state index contributed by atoms with van der Waals surface area (Å²) in [5.74, 6) is 0. The van der Waals surface area contributed by atoms with Crippen molar-refractivity contribution in [3.05, 3.63) is 138 Å².